The van der Waals surface area contributed by atoms with Gasteiger partial charge in [-0.3, -0.25) is 9.59 Å². The van der Waals surface area contributed by atoms with Gasteiger partial charge in [0, 0.05) is 18.4 Å². The SMILES string of the molecule is COc1cccc(CNC(=O)c2ccc(-c3ccnc(Nc4cccc(N5C(=O)CNC5=O)c4)n3)s2)c1. The Hall–Kier alpha value is -4.77. The molecule has 1 aliphatic heterocycles. The molecule has 186 valence electrons. The fraction of sp³-hybridized carbons (Fsp3) is 0.115. The van der Waals surface area contributed by atoms with Crippen LogP contribution >= 0.6 is 11.3 Å². The smallest absolute Gasteiger partial charge is 0.329 e. The van der Waals surface area contributed by atoms with E-state index in [-0.39, 0.29) is 18.4 Å². The van der Waals surface area contributed by atoms with Gasteiger partial charge in [-0.1, -0.05) is 18.2 Å². The van der Waals surface area contributed by atoms with Gasteiger partial charge in [-0.05, 0) is 54.1 Å². The summed E-state index contributed by atoms with van der Waals surface area (Å²) in [4.78, 5) is 47.9. The molecule has 4 aromatic rings. The summed E-state index contributed by atoms with van der Waals surface area (Å²) in [6.45, 7) is 0.359. The number of nitrogens with zero attached hydrogens (tertiary/aromatic N) is 3. The molecule has 0 bridgehead atoms. The first-order chi connectivity index (χ1) is 18.0. The molecule has 4 amide bonds. The van der Waals surface area contributed by atoms with Crippen LogP contribution in [-0.2, 0) is 11.3 Å². The third-order valence-electron chi connectivity index (χ3n) is 5.53. The van der Waals surface area contributed by atoms with Crippen LogP contribution in [0.15, 0.2) is 72.9 Å². The summed E-state index contributed by atoms with van der Waals surface area (Å²) < 4.78 is 5.22. The van der Waals surface area contributed by atoms with Crippen molar-refractivity contribution in [3.8, 4) is 16.3 Å². The Morgan fingerprint density at radius 2 is 1.97 bits per heavy atom. The molecule has 5 rings (SSSR count). The number of aromatic nitrogens is 2. The number of urea groups is 1. The minimum Gasteiger partial charge on any atom is -0.497 e. The Labute approximate surface area is 216 Å². The molecule has 1 saturated heterocycles. The molecule has 1 fully saturated rings. The molecule has 0 unspecified atom stereocenters. The normalized spacial score (nSPS) is 12.8. The summed E-state index contributed by atoms with van der Waals surface area (Å²) in [5.41, 5.74) is 2.66. The summed E-state index contributed by atoms with van der Waals surface area (Å²) in [6.07, 6.45) is 1.62. The number of hydrogen-bond donors (Lipinski definition) is 3. The Bertz CT molecular complexity index is 1470. The van der Waals surface area contributed by atoms with E-state index in [4.69, 9.17) is 4.74 Å². The molecular weight excluding hydrogens is 492 g/mol. The van der Waals surface area contributed by atoms with Crippen molar-refractivity contribution >= 4 is 46.5 Å². The lowest BCUT2D eigenvalue weighted by molar-refractivity contribution is -0.115. The lowest BCUT2D eigenvalue weighted by atomic mass is 10.2. The topological polar surface area (TPSA) is 126 Å². The van der Waals surface area contributed by atoms with Gasteiger partial charge in [0.25, 0.3) is 11.8 Å². The summed E-state index contributed by atoms with van der Waals surface area (Å²) in [7, 11) is 1.60. The predicted molar refractivity (Wildman–Crippen MR) is 140 cm³/mol. The van der Waals surface area contributed by atoms with Gasteiger partial charge in [0.05, 0.1) is 34.8 Å². The van der Waals surface area contributed by atoms with E-state index in [2.05, 4.69) is 25.9 Å². The molecule has 0 atom stereocenters. The fourth-order valence-corrected chi connectivity index (χ4v) is 4.63. The predicted octanol–water partition coefficient (Wildman–Crippen LogP) is 3.94. The van der Waals surface area contributed by atoms with E-state index in [9.17, 15) is 14.4 Å². The minimum atomic E-state index is -0.457. The van der Waals surface area contributed by atoms with Gasteiger partial charge in [-0.25, -0.2) is 19.7 Å². The maximum absolute atomic E-state index is 12.7. The quantitative estimate of drug-likeness (QED) is 0.304. The monoisotopic (exact) mass is 514 g/mol. The zero-order valence-electron chi connectivity index (χ0n) is 19.7. The Morgan fingerprint density at radius 3 is 2.78 bits per heavy atom. The largest absolute Gasteiger partial charge is 0.497 e. The van der Waals surface area contributed by atoms with Gasteiger partial charge in [-0.15, -0.1) is 11.3 Å². The second-order valence-corrected chi connectivity index (χ2v) is 9.11. The lowest BCUT2D eigenvalue weighted by Crippen LogP contribution is -2.30. The van der Waals surface area contributed by atoms with Crippen molar-refractivity contribution in [1.29, 1.82) is 0 Å². The highest BCUT2D eigenvalue weighted by molar-refractivity contribution is 7.17. The molecule has 1 aliphatic rings. The molecule has 2 aromatic heterocycles. The number of ether oxygens (including phenoxy) is 1. The third-order valence-corrected chi connectivity index (χ3v) is 6.64. The second-order valence-electron chi connectivity index (χ2n) is 8.03. The molecular formula is C26H22N6O4S. The number of imide groups is 1. The number of methoxy groups -OCH3 is 1. The van der Waals surface area contributed by atoms with Crippen LogP contribution < -0.4 is 25.6 Å². The number of nitrogens with one attached hydrogen (secondary N) is 3. The van der Waals surface area contributed by atoms with Crippen LogP contribution in [0.1, 0.15) is 15.2 Å². The first-order valence-electron chi connectivity index (χ1n) is 11.3. The molecule has 3 heterocycles. The van der Waals surface area contributed by atoms with E-state index in [1.807, 2.05) is 30.3 Å². The minimum absolute atomic E-state index is 0.0243. The number of hydrogen-bond acceptors (Lipinski definition) is 8. The standard InChI is InChI=1S/C26H22N6O4S/c1-36-19-7-2-4-16(12-19)14-28-24(34)22-9-8-21(37-22)20-10-11-27-25(31-20)30-17-5-3-6-18(13-17)32-23(33)15-29-26(32)35/h2-13H,14-15H2,1H3,(H,28,34)(H,29,35)(H,27,30,31). The van der Waals surface area contributed by atoms with Gasteiger partial charge in [0.1, 0.15) is 5.75 Å². The zero-order chi connectivity index (χ0) is 25.8. The van der Waals surface area contributed by atoms with Crippen LogP contribution in [0.3, 0.4) is 0 Å². The number of rotatable bonds is 8. The van der Waals surface area contributed by atoms with Crippen LogP contribution in [0.4, 0.5) is 22.1 Å². The fourth-order valence-electron chi connectivity index (χ4n) is 3.74. The van der Waals surface area contributed by atoms with Crippen molar-refractivity contribution in [2.75, 3.05) is 23.9 Å². The first kappa shape index (κ1) is 23.9. The van der Waals surface area contributed by atoms with Gasteiger partial charge < -0.3 is 20.7 Å². The van der Waals surface area contributed by atoms with E-state index >= 15 is 0 Å². The van der Waals surface area contributed by atoms with E-state index in [1.165, 1.54) is 11.3 Å². The summed E-state index contributed by atoms with van der Waals surface area (Å²) >= 11 is 1.33. The highest BCUT2D eigenvalue weighted by Gasteiger charge is 2.30. The Morgan fingerprint density at radius 1 is 1.11 bits per heavy atom. The van der Waals surface area contributed by atoms with Crippen molar-refractivity contribution in [1.82, 2.24) is 20.6 Å². The Kier molecular flexibility index (Phi) is 6.77. The van der Waals surface area contributed by atoms with E-state index in [1.54, 1.807) is 49.7 Å². The third kappa shape index (κ3) is 5.41. The number of carbonyl (C=O) groups excluding carboxylic acids is 3. The lowest BCUT2D eigenvalue weighted by Gasteiger charge is -2.14. The van der Waals surface area contributed by atoms with Crippen molar-refractivity contribution in [3.05, 3.63) is 83.4 Å². The number of amides is 4. The molecule has 2 aromatic carbocycles. The number of benzene rings is 2. The molecule has 11 heteroatoms. The van der Waals surface area contributed by atoms with Crippen LogP contribution in [0.25, 0.3) is 10.6 Å². The zero-order valence-corrected chi connectivity index (χ0v) is 20.5. The first-order valence-corrected chi connectivity index (χ1v) is 12.1. The average molecular weight is 515 g/mol. The van der Waals surface area contributed by atoms with Crippen LogP contribution in [0.2, 0.25) is 0 Å². The number of anilines is 3. The number of thiophene rings is 1. The highest BCUT2D eigenvalue weighted by Crippen LogP contribution is 2.28. The molecule has 3 N–H and O–H groups in total. The van der Waals surface area contributed by atoms with Crippen LogP contribution in [0, 0.1) is 0 Å². The summed E-state index contributed by atoms with van der Waals surface area (Å²) in [6, 6.07) is 19.3. The molecule has 37 heavy (non-hydrogen) atoms. The summed E-state index contributed by atoms with van der Waals surface area (Å²) in [5, 5.41) is 8.54. The number of carbonyl (C=O) groups is 3. The molecule has 0 radical (unpaired) electrons. The van der Waals surface area contributed by atoms with Gasteiger partial charge in [0.2, 0.25) is 5.95 Å². The van der Waals surface area contributed by atoms with Gasteiger partial charge in [-0.2, -0.15) is 0 Å². The van der Waals surface area contributed by atoms with Crippen molar-refractivity contribution < 1.29 is 19.1 Å². The van der Waals surface area contributed by atoms with E-state index < -0.39 is 6.03 Å². The van der Waals surface area contributed by atoms with Gasteiger partial charge in [0.15, 0.2) is 0 Å². The van der Waals surface area contributed by atoms with Crippen LogP contribution in [0.5, 0.6) is 5.75 Å². The van der Waals surface area contributed by atoms with Crippen molar-refractivity contribution in [2.45, 2.75) is 6.54 Å². The molecule has 0 saturated carbocycles. The molecule has 0 aliphatic carbocycles. The maximum atomic E-state index is 12.7. The average Bonchev–Trinajstić information content (AvgIpc) is 3.54. The van der Waals surface area contributed by atoms with Crippen LogP contribution in [-0.4, -0.2) is 41.5 Å². The maximum Gasteiger partial charge on any atom is 0.329 e. The van der Waals surface area contributed by atoms with E-state index in [0.29, 0.717) is 34.4 Å². The summed E-state index contributed by atoms with van der Waals surface area (Å²) in [5.74, 6) is 0.578. The van der Waals surface area contributed by atoms with Crippen molar-refractivity contribution in [3.63, 3.8) is 0 Å². The molecule has 10 nitrogen and oxygen atoms in total. The van der Waals surface area contributed by atoms with Gasteiger partial charge >= 0.3 is 6.03 Å². The second kappa shape index (κ2) is 10.5. The molecule has 0 spiro atoms. The highest BCUT2D eigenvalue weighted by atomic mass is 32.1. The van der Waals surface area contributed by atoms with Crippen molar-refractivity contribution in [2.24, 2.45) is 0 Å². The Balaban J connectivity index is 1.26. The van der Waals surface area contributed by atoms with E-state index in [0.717, 1.165) is 21.1 Å².